The maximum absolute atomic E-state index is 9.02. The molecule has 3 heterocycles. The van der Waals surface area contributed by atoms with Gasteiger partial charge in [-0.3, -0.25) is 4.68 Å². The SMILES string of the molecule is CN(C)c1ccc(-c2ccnc(N3CCn4nc(C#N)cc4C3)n2)cc1. The van der Waals surface area contributed by atoms with E-state index in [0.717, 1.165) is 35.7 Å². The van der Waals surface area contributed by atoms with Crippen LogP contribution in [0.3, 0.4) is 0 Å². The highest BCUT2D eigenvalue weighted by atomic mass is 15.4. The molecule has 1 aliphatic rings. The van der Waals surface area contributed by atoms with Crippen molar-refractivity contribution in [1.29, 1.82) is 5.26 Å². The molecule has 7 heteroatoms. The van der Waals surface area contributed by atoms with Crippen molar-refractivity contribution >= 4 is 11.6 Å². The lowest BCUT2D eigenvalue weighted by Crippen LogP contribution is -2.34. The summed E-state index contributed by atoms with van der Waals surface area (Å²) >= 11 is 0. The Hall–Kier alpha value is -3.40. The van der Waals surface area contributed by atoms with Gasteiger partial charge >= 0.3 is 0 Å². The molecule has 7 nitrogen and oxygen atoms in total. The molecule has 130 valence electrons. The summed E-state index contributed by atoms with van der Waals surface area (Å²) in [5.41, 5.74) is 4.58. The predicted molar refractivity (Wildman–Crippen MR) is 99.8 cm³/mol. The number of hydrogen-bond acceptors (Lipinski definition) is 6. The van der Waals surface area contributed by atoms with Gasteiger partial charge in [-0.15, -0.1) is 0 Å². The highest BCUT2D eigenvalue weighted by Crippen LogP contribution is 2.24. The highest BCUT2D eigenvalue weighted by Gasteiger charge is 2.20. The van der Waals surface area contributed by atoms with Gasteiger partial charge in [0.2, 0.25) is 5.95 Å². The first-order chi connectivity index (χ1) is 12.6. The standard InChI is InChI=1S/C19H19N7/c1-24(2)16-5-3-14(4-6-16)18-7-8-21-19(22-18)25-9-10-26-17(13-25)11-15(12-20)23-26/h3-8,11H,9-10,13H2,1-2H3. The second kappa shape index (κ2) is 6.48. The van der Waals surface area contributed by atoms with Crippen LogP contribution >= 0.6 is 0 Å². The van der Waals surface area contributed by atoms with Gasteiger partial charge in [-0.05, 0) is 24.3 Å². The second-order valence-corrected chi connectivity index (χ2v) is 6.46. The number of benzene rings is 1. The largest absolute Gasteiger partial charge is 0.378 e. The summed E-state index contributed by atoms with van der Waals surface area (Å²) in [4.78, 5) is 13.4. The molecule has 4 rings (SSSR count). The normalized spacial score (nSPS) is 13.2. The van der Waals surface area contributed by atoms with E-state index in [1.54, 1.807) is 6.20 Å². The van der Waals surface area contributed by atoms with E-state index in [4.69, 9.17) is 10.2 Å². The number of fused-ring (bicyclic) bond motifs is 1. The summed E-state index contributed by atoms with van der Waals surface area (Å²) in [5.74, 6) is 0.699. The molecule has 3 aromatic rings. The van der Waals surface area contributed by atoms with Crippen LogP contribution in [-0.4, -0.2) is 40.4 Å². The van der Waals surface area contributed by atoms with Crippen molar-refractivity contribution in [3.8, 4) is 17.3 Å². The molecule has 1 aliphatic heterocycles. The summed E-state index contributed by atoms with van der Waals surface area (Å²) < 4.78 is 1.89. The van der Waals surface area contributed by atoms with Gasteiger partial charge in [-0.2, -0.15) is 10.4 Å². The maximum atomic E-state index is 9.02. The monoisotopic (exact) mass is 345 g/mol. The topological polar surface area (TPSA) is 73.9 Å². The summed E-state index contributed by atoms with van der Waals surface area (Å²) in [5, 5.41) is 13.3. The molecule has 0 bridgehead atoms. The number of nitriles is 1. The Balaban J connectivity index is 1.59. The second-order valence-electron chi connectivity index (χ2n) is 6.46. The van der Waals surface area contributed by atoms with Gasteiger partial charge < -0.3 is 9.80 Å². The minimum absolute atomic E-state index is 0.456. The Morgan fingerprint density at radius 2 is 1.92 bits per heavy atom. The van der Waals surface area contributed by atoms with Crippen molar-refractivity contribution in [3.05, 3.63) is 54.0 Å². The predicted octanol–water partition coefficient (Wildman–Crippen LogP) is 2.30. The van der Waals surface area contributed by atoms with E-state index in [0.29, 0.717) is 18.2 Å². The lowest BCUT2D eigenvalue weighted by Gasteiger charge is -2.27. The Morgan fingerprint density at radius 3 is 2.65 bits per heavy atom. The third kappa shape index (κ3) is 2.97. The summed E-state index contributed by atoms with van der Waals surface area (Å²) in [6.07, 6.45) is 1.80. The van der Waals surface area contributed by atoms with Crippen LogP contribution in [0.15, 0.2) is 42.6 Å². The lowest BCUT2D eigenvalue weighted by atomic mass is 10.1. The van der Waals surface area contributed by atoms with Crippen molar-refractivity contribution in [2.24, 2.45) is 0 Å². The molecule has 1 aromatic carbocycles. The average molecular weight is 345 g/mol. The summed E-state index contributed by atoms with van der Waals surface area (Å²) in [6, 6.07) is 14.2. The first kappa shape index (κ1) is 16.1. The first-order valence-electron chi connectivity index (χ1n) is 8.46. The zero-order chi connectivity index (χ0) is 18.1. The third-order valence-corrected chi connectivity index (χ3v) is 4.52. The van der Waals surface area contributed by atoms with Crippen LogP contribution in [0.25, 0.3) is 11.3 Å². The van der Waals surface area contributed by atoms with Crippen molar-refractivity contribution in [1.82, 2.24) is 19.7 Å². The number of rotatable bonds is 3. The fourth-order valence-electron chi connectivity index (χ4n) is 3.08. The number of nitrogens with zero attached hydrogens (tertiary/aromatic N) is 7. The van der Waals surface area contributed by atoms with E-state index >= 15 is 0 Å². The van der Waals surface area contributed by atoms with E-state index in [1.165, 1.54) is 0 Å². The molecule has 0 N–H and O–H groups in total. The fourth-order valence-corrected chi connectivity index (χ4v) is 3.08. The van der Waals surface area contributed by atoms with Crippen molar-refractivity contribution in [2.75, 3.05) is 30.4 Å². The lowest BCUT2D eigenvalue weighted by molar-refractivity contribution is 0.513. The fraction of sp³-hybridized carbons (Fsp3) is 0.263. The van der Waals surface area contributed by atoms with E-state index in [9.17, 15) is 0 Å². The van der Waals surface area contributed by atoms with E-state index in [-0.39, 0.29) is 0 Å². The summed E-state index contributed by atoms with van der Waals surface area (Å²) in [6.45, 7) is 2.14. The van der Waals surface area contributed by atoms with Gasteiger partial charge in [0, 0.05) is 38.1 Å². The van der Waals surface area contributed by atoms with Gasteiger partial charge in [0.25, 0.3) is 0 Å². The Bertz CT molecular complexity index is 966. The maximum Gasteiger partial charge on any atom is 0.226 e. The van der Waals surface area contributed by atoms with E-state index in [2.05, 4.69) is 50.2 Å². The molecule has 0 radical (unpaired) electrons. The number of anilines is 2. The Labute approximate surface area is 152 Å². The minimum Gasteiger partial charge on any atom is -0.378 e. The molecule has 2 aromatic heterocycles. The molecule has 0 unspecified atom stereocenters. The van der Waals surface area contributed by atoms with Gasteiger partial charge in [-0.25, -0.2) is 9.97 Å². The molecule has 26 heavy (non-hydrogen) atoms. The highest BCUT2D eigenvalue weighted by molar-refractivity contribution is 5.63. The van der Waals surface area contributed by atoms with Crippen LogP contribution in [0.4, 0.5) is 11.6 Å². The molecule has 0 amide bonds. The third-order valence-electron chi connectivity index (χ3n) is 4.52. The zero-order valence-electron chi connectivity index (χ0n) is 14.8. The molecular formula is C19H19N7. The van der Waals surface area contributed by atoms with Crippen molar-refractivity contribution in [3.63, 3.8) is 0 Å². The van der Waals surface area contributed by atoms with E-state index < -0.39 is 0 Å². The molecule has 0 atom stereocenters. The molecular weight excluding hydrogens is 326 g/mol. The van der Waals surface area contributed by atoms with Gasteiger partial charge in [0.15, 0.2) is 5.69 Å². The molecule has 0 fully saturated rings. The summed E-state index contributed by atoms with van der Waals surface area (Å²) in [7, 11) is 4.05. The molecule has 0 saturated carbocycles. The van der Waals surface area contributed by atoms with Gasteiger partial charge in [-0.1, -0.05) is 12.1 Å². The van der Waals surface area contributed by atoms with Gasteiger partial charge in [0.05, 0.1) is 24.5 Å². The average Bonchev–Trinajstić information content (AvgIpc) is 3.10. The van der Waals surface area contributed by atoms with E-state index in [1.807, 2.05) is 30.9 Å². The van der Waals surface area contributed by atoms with Crippen molar-refractivity contribution < 1.29 is 0 Å². The van der Waals surface area contributed by atoms with Crippen LogP contribution < -0.4 is 9.80 Å². The molecule has 0 spiro atoms. The van der Waals surface area contributed by atoms with Crippen LogP contribution in [0.2, 0.25) is 0 Å². The number of hydrogen-bond donors (Lipinski definition) is 0. The van der Waals surface area contributed by atoms with Crippen molar-refractivity contribution in [2.45, 2.75) is 13.1 Å². The number of aromatic nitrogens is 4. The minimum atomic E-state index is 0.456. The van der Waals surface area contributed by atoms with Crippen LogP contribution in [0, 0.1) is 11.3 Å². The van der Waals surface area contributed by atoms with Gasteiger partial charge in [0.1, 0.15) is 6.07 Å². The van der Waals surface area contributed by atoms with Crippen LogP contribution in [-0.2, 0) is 13.1 Å². The molecule has 0 saturated heterocycles. The van der Waals surface area contributed by atoms with Crippen LogP contribution in [0.5, 0.6) is 0 Å². The Morgan fingerprint density at radius 1 is 1.12 bits per heavy atom. The quantitative estimate of drug-likeness (QED) is 0.725. The van der Waals surface area contributed by atoms with Crippen LogP contribution in [0.1, 0.15) is 11.4 Å². The smallest absolute Gasteiger partial charge is 0.226 e. The molecule has 0 aliphatic carbocycles. The Kier molecular flexibility index (Phi) is 4.01. The zero-order valence-corrected chi connectivity index (χ0v) is 14.8. The first-order valence-corrected chi connectivity index (χ1v) is 8.46.